The molecule has 0 amide bonds. The second-order valence-corrected chi connectivity index (χ2v) is 5.81. The van der Waals surface area contributed by atoms with E-state index in [9.17, 15) is 0 Å². The Balaban J connectivity index is 1.69. The summed E-state index contributed by atoms with van der Waals surface area (Å²) >= 11 is 0. The third-order valence-corrected chi connectivity index (χ3v) is 4.16. The Labute approximate surface area is 116 Å². The first-order valence-electron chi connectivity index (χ1n) is 7.36. The van der Waals surface area contributed by atoms with Crippen LogP contribution in [0.25, 0.3) is 0 Å². The number of piperidine rings is 1. The summed E-state index contributed by atoms with van der Waals surface area (Å²) in [6.07, 6.45) is 2.65. The second kappa shape index (κ2) is 6.80. The lowest BCUT2D eigenvalue weighted by molar-refractivity contribution is 0.137. The van der Waals surface area contributed by atoms with Crippen molar-refractivity contribution in [1.29, 1.82) is 0 Å². The van der Waals surface area contributed by atoms with E-state index in [4.69, 9.17) is 10.5 Å². The maximum atomic E-state index is 5.85. The Kier molecular flexibility index (Phi) is 5.08. The minimum Gasteiger partial charge on any atom is -0.490 e. The number of rotatable bonds is 5. The molecule has 1 aromatic carbocycles. The van der Waals surface area contributed by atoms with Gasteiger partial charge in [-0.25, -0.2) is 0 Å². The van der Waals surface area contributed by atoms with Crippen LogP contribution in [0.2, 0.25) is 0 Å². The summed E-state index contributed by atoms with van der Waals surface area (Å²) in [5.74, 6) is 2.53. The summed E-state index contributed by atoms with van der Waals surface area (Å²) in [4.78, 5) is 2.50. The van der Waals surface area contributed by atoms with Crippen LogP contribution in [-0.4, -0.2) is 31.1 Å². The highest BCUT2D eigenvalue weighted by atomic mass is 16.5. The molecular weight excluding hydrogens is 236 g/mol. The summed E-state index contributed by atoms with van der Waals surface area (Å²) in [6.45, 7) is 8.80. The largest absolute Gasteiger partial charge is 0.490 e. The number of nitrogens with zero attached hydrogens (tertiary/aromatic N) is 1. The van der Waals surface area contributed by atoms with E-state index in [0.717, 1.165) is 36.4 Å². The van der Waals surface area contributed by atoms with E-state index < -0.39 is 0 Å². The van der Waals surface area contributed by atoms with Crippen LogP contribution in [0.3, 0.4) is 0 Å². The third-order valence-electron chi connectivity index (χ3n) is 4.16. The maximum absolute atomic E-state index is 5.85. The molecule has 3 nitrogen and oxygen atoms in total. The van der Waals surface area contributed by atoms with Gasteiger partial charge in [-0.3, -0.25) is 4.90 Å². The molecule has 0 radical (unpaired) electrons. The van der Waals surface area contributed by atoms with Gasteiger partial charge in [0.25, 0.3) is 0 Å². The minimum absolute atomic E-state index is 0.723. The van der Waals surface area contributed by atoms with Crippen LogP contribution in [0.15, 0.2) is 24.3 Å². The van der Waals surface area contributed by atoms with Gasteiger partial charge in [-0.15, -0.1) is 0 Å². The van der Waals surface area contributed by atoms with Crippen molar-refractivity contribution in [3.63, 3.8) is 0 Å². The number of nitrogens with two attached hydrogens (primary N) is 1. The van der Waals surface area contributed by atoms with E-state index in [1.807, 2.05) is 24.3 Å². The molecule has 0 saturated carbocycles. The van der Waals surface area contributed by atoms with Crippen LogP contribution in [0.1, 0.15) is 26.7 Å². The van der Waals surface area contributed by atoms with Crippen molar-refractivity contribution in [2.45, 2.75) is 26.7 Å². The van der Waals surface area contributed by atoms with E-state index in [2.05, 4.69) is 18.7 Å². The molecule has 0 atom stereocenters. The summed E-state index contributed by atoms with van der Waals surface area (Å²) in [7, 11) is 0. The zero-order valence-electron chi connectivity index (χ0n) is 12.1. The van der Waals surface area contributed by atoms with Crippen LogP contribution in [0, 0.1) is 11.8 Å². The quantitative estimate of drug-likeness (QED) is 0.829. The number of hydrogen-bond donors (Lipinski definition) is 1. The van der Waals surface area contributed by atoms with Crippen molar-refractivity contribution in [2.75, 3.05) is 32.0 Å². The number of ether oxygens (including phenoxy) is 1. The third kappa shape index (κ3) is 4.13. The summed E-state index contributed by atoms with van der Waals surface area (Å²) in [6, 6.07) is 7.70. The second-order valence-electron chi connectivity index (χ2n) is 5.81. The van der Waals surface area contributed by atoms with Gasteiger partial charge in [0, 0.05) is 6.54 Å². The topological polar surface area (TPSA) is 38.5 Å². The Bertz CT molecular complexity index is 384. The molecular formula is C16H26N2O. The molecule has 2 N–H and O–H groups in total. The van der Waals surface area contributed by atoms with E-state index in [0.29, 0.717) is 0 Å². The van der Waals surface area contributed by atoms with Gasteiger partial charge in [-0.2, -0.15) is 0 Å². The van der Waals surface area contributed by atoms with E-state index in [-0.39, 0.29) is 0 Å². The van der Waals surface area contributed by atoms with Gasteiger partial charge in [0.15, 0.2) is 0 Å². The van der Waals surface area contributed by atoms with E-state index in [1.54, 1.807) is 0 Å². The number of para-hydroxylation sites is 2. The van der Waals surface area contributed by atoms with Gasteiger partial charge in [0.1, 0.15) is 12.4 Å². The molecule has 0 bridgehead atoms. The van der Waals surface area contributed by atoms with Crippen LogP contribution in [0.4, 0.5) is 5.69 Å². The molecule has 0 aromatic heterocycles. The van der Waals surface area contributed by atoms with Gasteiger partial charge in [-0.05, 0) is 49.9 Å². The zero-order valence-corrected chi connectivity index (χ0v) is 12.1. The number of anilines is 1. The highest BCUT2D eigenvalue weighted by molar-refractivity contribution is 5.51. The predicted octanol–water partition coefficient (Wildman–Crippen LogP) is 3.02. The van der Waals surface area contributed by atoms with Gasteiger partial charge in [0.2, 0.25) is 0 Å². The fourth-order valence-electron chi connectivity index (χ4n) is 2.74. The summed E-state index contributed by atoms with van der Waals surface area (Å²) in [5.41, 5.74) is 6.58. The van der Waals surface area contributed by atoms with Gasteiger partial charge in [-0.1, -0.05) is 26.0 Å². The van der Waals surface area contributed by atoms with Crippen LogP contribution < -0.4 is 10.5 Å². The Hall–Kier alpha value is -1.22. The predicted molar refractivity (Wildman–Crippen MR) is 80.4 cm³/mol. The zero-order chi connectivity index (χ0) is 13.7. The van der Waals surface area contributed by atoms with Crippen molar-refractivity contribution in [2.24, 2.45) is 11.8 Å². The molecule has 0 aliphatic carbocycles. The Morgan fingerprint density at radius 1 is 1.26 bits per heavy atom. The number of hydrogen-bond acceptors (Lipinski definition) is 3. The van der Waals surface area contributed by atoms with Crippen LogP contribution in [-0.2, 0) is 0 Å². The molecule has 0 unspecified atom stereocenters. The van der Waals surface area contributed by atoms with Crippen LogP contribution >= 0.6 is 0 Å². The lowest BCUT2D eigenvalue weighted by Gasteiger charge is -2.33. The first kappa shape index (κ1) is 14.2. The first-order valence-corrected chi connectivity index (χ1v) is 7.36. The molecule has 106 valence electrons. The summed E-state index contributed by atoms with van der Waals surface area (Å²) < 4.78 is 5.75. The highest BCUT2D eigenvalue weighted by Crippen LogP contribution is 2.24. The number of likely N-dealkylation sites (tertiary alicyclic amines) is 1. The van der Waals surface area contributed by atoms with Crippen molar-refractivity contribution in [1.82, 2.24) is 4.90 Å². The SMILES string of the molecule is CC(C)C1CCN(CCOc2ccccc2N)CC1. The Morgan fingerprint density at radius 3 is 2.58 bits per heavy atom. The summed E-state index contributed by atoms with van der Waals surface area (Å²) in [5, 5.41) is 0. The average Bonchev–Trinajstić information content (AvgIpc) is 2.41. The number of nitrogen functional groups attached to an aromatic ring is 1. The van der Waals surface area contributed by atoms with Crippen molar-refractivity contribution in [3.8, 4) is 5.75 Å². The molecule has 1 aromatic rings. The highest BCUT2D eigenvalue weighted by Gasteiger charge is 2.21. The molecule has 3 heteroatoms. The van der Waals surface area contributed by atoms with Crippen molar-refractivity contribution in [3.05, 3.63) is 24.3 Å². The van der Waals surface area contributed by atoms with Crippen LogP contribution in [0.5, 0.6) is 5.75 Å². The van der Waals surface area contributed by atoms with E-state index in [1.165, 1.54) is 25.9 Å². The molecule has 19 heavy (non-hydrogen) atoms. The maximum Gasteiger partial charge on any atom is 0.142 e. The molecule has 1 aliphatic heterocycles. The lowest BCUT2D eigenvalue weighted by atomic mass is 9.87. The lowest BCUT2D eigenvalue weighted by Crippen LogP contribution is -2.37. The monoisotopic (exact) mass is 262 g/mol. The Morgan fingerprint density at radius 2 is 1.95 bits per heavy atom. The van der Waals surface area contributed by atoms with Gasteiger partial charge >= 0.3 is 0 Å². The molecule has 2 rings (SSSR count). The smallest absolute Gasteiger partial charge is 0.142 e. The molecule has 1 saturated heterocycles. The van der Waals surface area contributed by atoms with Crippen molar-refractivity contribution < 1.29 is 4.74 Å². The standard InChI is InChI=1S/C16H26N2O/c1-13(2)14-7-9-18(10-8-14)11-12-19-16-6-4-3-5-15(16)17/h3-6,13-14H,7-12,17H2,1-2H3. The molecule has 1 heterocycles. The number of benzene rings is 1. The average molecular weight is 262 g/mol. The first-order chi connectivity index (χ1) is 9.16. The fraction of sp³-hybridized carbons (Fsp3) is 0.625. The van der Waals surface area contributed by atoms with E-state index >= 15 is 0 Å². The minimum atomic E-state index is 0.723. The normalized spacial score (nSPS) is 17.8. The molecule has 1 aliphatic rings. The molecule has 0 spiro atoms. The van der Waals surface area contributed by atoms with Crippen molar-refractivity contribution >= 4 is 5.69 Å². The molecule has 1 fully saturated rings. The van der Waals surface area contributed by atoms with Gasteiger partial charge in [0.05, 0.1) is 5.69 Å². The van der Waals surface area contributed by atoms with Gasteiger partial charge < -0.3 is 10.5 Å². The fourth-order valence-corrected chi connectivity index (χ4v) is 2.74.